The molecule has 1 aromatic heterocycles. The van der Waals surface area contributed by atoms with Crippen LogP contribution in [0.5, 0.6) is 0 Å². The summed E-state index contributed by atoms with van der Waals surface area (Å²) in [5.74, 6) is -1.38. The van der Waals surface area contributed by atoms with Gasteiger partial charge < -0.3 is 14.8 Å². The molecule has 33 heavy (non-hydrogen) atoms. The van der Waals surface area contributed by atoms with Crippen molar-refractivity contribution in [3.05, 3.63) is 70.4 Å². The Hall–Kier alpha value is -2.63. The highest BCUT2D eigenvalue weighted by atomic mass is 35.5. The molecule has 0 aliphatic heterocycles. The number of carboxylic acids is 1. The molecule has 176 valence electrons. The van der Waals surface area contributed by atoms with Crippen molar-refractivity contribution in [2.24, 2.45) is 13.0 Å². The molecule has 3 rings (SSSR count). The third-order valence-corrected chi connectivity index (χ3v) is 6.38. The van der Waals surface area contributed by atoms with Gasteiger partial charge >= 0.3 is 5.97 Å². The minimum atomic E-state index is -0.924. The quantitative estimate of drug-likeness (QED) is 0.239. The van der Waals surface area contributed by atoms with E-state index in [-0.39, 0.29) is 24.5 Å². The number of aliphatic hydroxyl groups excluding tert-OH is 1. The number of carboxylic acid groups (broad SMARTS) is 1. The summed E-state index contributed by atoms with van der Waals surface area (Å²) in [5, 5.41) is 21.4. The Balaban J connectivity index is 1.76. The van der Waals surface area contributed by atoms with Gasteiger partial charge in [-0.1, -0.05) is 61.7 Å². The lowest BCUT2D eigenvalue weighted by Crippen LogP contribution is -2.14. The minimum absolute atomic E-state index is 0.0729. The highest BCUT2D eigenvalue weighted by Crippen LogP contribution is 2.35. The lowest BCUT2D eigenvalue weighted by atomic mass is 9.93. The molecule has 0 saturated carbocycles. The van der Waals surface area contributed by atoms with E-state index >= 15 is 0 Å². The van der Waals surface area contributed by atoms with Crippen molar-refractivity contribution in [3.8, 4) is 0 Å². The van der Waals surface area contributed by atoms with Crippen molar-refractivity contribution in [2.45, 2.75) is 58.0 Å². The summed E-state index contributed by atoms with van der Waals surface area (Å²) >= 11 is 6.22. The van der Waals surface area contributed by atoms with Crippen molar-refractivity contribution in [3.63, 3.8) is 0 Å². The van der Waals surface area contributed by atoms with E-state index in [4.69, 9.17) is 16.7 Å². The van der Waals surface area contributed by atoms with E-state index in [2.05, 4.69) is 12.1 Å². The molecular formula is C27H32ClNO4. The van der Waals surface area contributed by atoms with Crippen LogP contribution < -0.4 is 0 Å². The average molecular weight is 470 g/mol. The van der Waals surface area contributed by atoms with E-state index in [0.29, 0.717) is 28.1 Å². The second-order valence-corrected chi connectivity index (χ2v) is 9.35. The molecule has 5 nitrogen and oxygen atoms in total. The van der Waals surface area contributed by atoms with Crippen LogP contribution in [0.15, 0.2) is 48.5 Å². The van der Waals surface area contributed by atoms with Gasteiger partial charge in [-0.3, -0.25) is 9.59 Å². The SMILES string of the molecule is CC(CC(=O)O)CC(=O)c1c(C(O)CCCCCc2ccccc2)n(C)c2ccc(Cl)cc12. The van der Waals surface area contributed by atoms with Crippen LogP contribution in [0.2, 0.25) is 5.02 Å². The Morgan fingerprint density at radius 3 is 2.45 bits per heavy atom. The maximum atomic E-state index is 13.3. The number of unbranched alkanes of at least 4 members (excludes halogenated alkanes) is 2. The van der Waals surface area contributed by atoms with E-state index in [9.17, 15) is 14.7 Å². The van der Waals surface area contributed by atoms with Crippen LogP contribution in [0.25, 0.3) is 10.9 Å². The van der Waals surface area contributed by atoms with Gasteiger partial charge in [-0.25, -0.2) is 0 Å². The van der Waals surface area contributed by atoms with Crippen LogP contribution in [0.1, 0.15) is 73.2 Å². The Kier molecular flexibility index (Phi) is 8.70. The number of aryl methyl sites for hydroxylation is 2. The lowest BCUT2D eigenvalue weighted by Gasteiger charge is -2.16. The second kappa shape index (κ2) is 11.5. The molecule has 0 aliphatic rings. The molecule has 0 spiro atoms. The predicted octanol–water partition coefficient (Wildman–Crippen LogP) is 6.35. The summed E-state index contributed by atoms with van der Waals surface area (Å²) in [7, 11) is 1.85. The first-order chi connectivity index (χ1) is 15.8. The van der Waals surface area contributed by atoms with Gasteiger partial charge in [0.05, 0.1) is 11.8 Å². The van der Waals surface area contributed by atoms with E-state index in [1.165, 1.54) is 5.56 Å². The molecule has 1 heterocycles. The monoisotopic (exact) mass is 469 g/mol. The van der Waals surface area contributed by atoms with Gasteiger partial charge in [-0.15, -0.1) is 0 Å². The van der Waals surface area contributed by atoms with Gasteiger partial charge in [0.2, 0.25) is 0 Å². The number of halogens is 1. The fraction of sp³-hybridized carbons (Fsp3) is 0.407. The Labute approximate surface area is 200 Å². The van der Waals surface area contributed by atoms with Gasteiger partial charge in [-0.2, -0.15) is 0 Å². The first-order valence-corrected chi connectivity index (χ1v) is 11.9. The molecule has 2 atom stereocenters. The first-order valence-electron chi connectivity index (χ1n) is 11.5. The van der Waals surface area contributed by atoms with Gasteiger partial charge in [0.15, 0.2) is 5.78 Å². The number of benzene rings is 2. The number of rotatable bonds is 12. The number of carbonyl (C=O) groups is 2. The molecule has 0 saturated heterocycles. The lowest BCUT2D eigenvalue weighted by molar-refractivity contribution is -0.137. The fourth-order valence-electron chi connectivity index (χ4n) is 4.53. The normalized spacial score (nSPS) is 13.2. The summed E-state index contributed by atoms with van der Waals surface area (Å²) in [4.78, 5) is 24.3. The third kappa shape index (κ3) is 6.46. The molecule has 3 aromatic rings. The molecule has 2 unspecified atom stereocenters. The predicted molar refractivity (Wildman–Crippen MR) is 132 cm³/mol. The topological polar surface area (TPSA) is 79.5 Å². The van der Waals surface area contributed by atoms with Crippen LogP contribution in [0.3, 0.4) is 0 Å². The molecule has 6 heteroatoms. The zero-order valence-corrected chi connectivity index (χ0v) is 20.0. The highest BCUT2D eigenvalue weighted by molar-refractivity contribution is 6.31. The van der Waals surface area contributed by atoms with Crippen molar-refractivity contribution in [1.82, 2.24) is 4.57 Å². The number of aliphatic hydroxyl groups is 1. The van der Waals surface area contributed by atoms with Gasteiger partial charge in [0, 0.05) is 41.4 Å². The second-order valence-electron chi connectivity index (χ2n) is 8.91. The number of aliphatic carboxylic acids is 1. The molecule has 2 N–H and O–H groups in total. The largest absolute Gasteiger partial charge is 0.481 e. The fourth-order valence-corrected chi connectivity index (χ4v) is 4.71. The summed E-state index contributed by atoms with van der Waals surface area (Å²) in [6.07, 6.45) is 3.68. The van der Waals surface area contributed by atoms with Gasteiger partial charge in [-0.05, 0) is 48.9 Å². The Morgan fingerprint density at radius 1 is 1.03 bits per heavy atom. The molecule has 0 aliphatic carbocycles. The number of nitrogens with zero attached hydrogens (tertiary/aromatic N) is 1. The minimum Gasteiger partial charge on any atom is -0.481 e. The van der Waals surface area contributed by atoms with Gasteiger partial charge in [0.1, 0.15) is 0 Å². The number of Topliss-reactive ketones (excluding diaryl/α,β-unsaturated/α-hetero) is 1. The summed E-state index contributed by atoms with van der Waals surface area (Å²) in [5.41, 5.74) is 3.19. The van der Waals surface area contributed by atoms with Crippen LogP contribution in [-0.2, 0) is 18.3 Å². The number of aromatic nitrogens is 1. The average Bonchev–Trinajstić information content (AvgIpc) is 3.05. The van der Waals surface area contributed by atoms with Crippen molar-refractivity contribution >= 4 is 34.3 Å². The highest BCUT2D eigenvalue weighted by Gasteiger charge is 2.27. The third-order valence-electron chi connectivity index (χ3n) is 6.14. The van der Waals surface area contributed by atoms with E-state index in [1.54, 1.807) is 19.1 Å². The summed E-state index contributed by atoms with van der Waals surface area (Å²) in [6.45, 7) is 1.76. The maximum absolute atomic E-state index is 13.3. The van der Waals surface area contributed by atoms with Crippen molar-refractivity contribution < 1.29 is 19.8 Å². The van der Waals surface area contributed by atoms with E-state index in [1.807, 2.05) is 35.9 Å². The van der Waals surface area contributed by atoms with Crippen molar-refractivity contribution in [2.75, 3.05) is 0 Å². The smallest absolute Gasteiger partial charge is 0.303 e. The number of hydrogen-bond donors (Lipinski definition) is 2. The van der Waals surface area contributed by atoms with Crippen molar-refractivity contribution in [1.29, 1.82) is 0 Å². The zero-order chi connectivity index (χ0) is 24.0. The Bertz CT molecular complexity index is 1110. The Morgan fingerprint density at radius 2 is 1.76 bits per heavy atom. The maximum Gasteiger partial charge on any atom is 0.303 e. The molecule has 0 radical (unpaired) electrons. The number of hydrogen-bond acceptors (Lipinski definition) is 3. The van der Waals surface area contributed by atoms with Gasteiger partial charge in [0.25, 0.3) is 0 Å². The number of fused-ring (bicyclic) bond motifs is 1. The summed E-state index contributed by atoms with van der Waals surface area (Å²) < 4.78 is 1.87. The zero-order valence-electron chi connectivity index (χ0n) is 19.3. The van der Waals surface area contributed by atoms with Crippen LogP contribution in [0.4, 0.5) is 0 Å². The molecule has 0 amide bonds. The number of ketones is 1. The summed E-state index contributed by atoms with van der Waals surface area (Å²) in [6, 6.07) is 15.7. The first kappa shape index (κ1) is 25.0. The molecular weight excluding hydrogens is 438 g/mol. The molecule has 2 aromatic carbocycles. The van der Waals surface area contributed by atoms with Crippen LogP contribution in [0, 0.1) is 5.92 Å². The van der Waals surface area contributed by atoms with Crippen LogP contribution in [-0.4, -0.2) is 26.5 Å². The van der Waals surface area contributed by atoms with E-state index in [0.717, 1.165) is 31.2 Å². The number of carbonyl (C=O) groups excluding carboxylic acids is 1. The molecule has 0 fully saturated rings. The molecule has 0 bridgehead atoms. The standard InChI is InChI=1S/C27H32ClNO4/c1-18(16-25(32)33)15-24(31)26-21-17-20(28)13-14-22(21)29(2)27(26)23(30)12-8-4-7-11-19-9-5-3-6-10-19/h3,5-6,9-10,13-14,17-18,23,30H,4,7-8,11-12,15-16H2,1-2H3,(H,32,33). The van der Waals surface area contributed by atoms with E-state index < -0.39 is 12.1 Å². The van der Waals surface area contributed by atoms with Crippen LogP contribution >= 0.6 is 11.6 Å².